The molecule has 176 valence electrons. The number of para-hydroxylation sites is 1. The van der Waals surface area contributed by atoms with E-state index < -0.39 is 6.04 Å². The highest BCUT2D eigenvalue weighted by molar-refractivity contribution is 7.98. The van der Waals surface area contributed by atoms with Gasteiger partial charge in [-0.1, -0.05) is 51.6 Å². The number of nitrogens with one attached hydrogen (secondary N) is 2. The summed E-state index contributed by atoms with van der Waals surface area (Å²) >= 11 is 1.59. The lowest BCUT2D eigenvalue weighted by atomic mass is 10.0. The Morgan fingerprint density at radius 3 is 2.50 bits per heavy atom. The number of aromatic nitrogens is 3. The van der Waals surface area contributed by atoms with Crippen LogP contribution in [0, 0.1) is 11.8 Å². The van der Waals surface area contributed by atoms with Crippen LogP contribution in [0.5, 0.6) is 5.75 Å². The SMILES string of the molecule is COc1ccccc1C(=O)NC(C(=O)NCCCc1nnc(SC)n1CC(C)C)C(C)C. The Morgan fingerprint density at radius 2 is 1.88 bits per heavy atom. The summed E-state index contributed by atoms with van der Waals surface area (Å²) in [6, 6.07) is 6.33. The number of amides is 2. The molecule has 2 amide bonds. The molecule has 0 aliphatic heterocycles. The molecule has 0 aliphatic carbocycles. The molecule has 1 atom stereocenters. The van der Waals surface area contributed by atoms with Crippen LogP contribution < -0.4 is 15.4 Å². The van der Waals surface area contributed by atoms with Crippen LogP contribution in [0.1, 0.15) is 50.3 Å². The van der Waals surface area contributed by atoms with Crippen molar-refractivity contribution < 1.29 is 14.3 Å². The molecule has 0 spiro atoms. The van der Waals surface area contributed by atoms with E-state index >= 15 is 0 Å². The van der Waals surface area contributed by atoms with Crippen molar-refractivity contribution in [2.24, 2.45) is 11.8 Å². The van der Waals surface area contributed by atoms with Crippen LogP contribution in [-0.4, -0.2) is 52.5 Å². The summed E-state index contributed by atoms with van der Waals surface area (Å²) < 4.78 is 7.41. The third-order valence-corrected chi connectivity index (χ3v) is 5.65. The Bertz CT molecular complexity index is 898. The van der Waals surface area contributed by atoms with Crippen molar-refractivity contribution >= 4 is 23.6 Å². The zero-order valence-corrected chi connectivity index (χ0v) is 20.7. The minimum Gasteiger partial charge on any atom is -0.496 e. The van der Waals surface area contributed by atoms with E-state index in [1.165, 1.54) is 7.11 Å². The zero-order valence-electron chi connectivity index (χ0n) is 19.8. The maximum atomic E-state index is 12.8. The van der Waals surface area contributed by atoms with Crippen molar-refractivity contribution in [1.29, 1.82) is 0 Å². The van der Waals surface area contributed by atoms with Gasteiger partial charge in [0.15, 0.2) is 5.16 Å². The van der Waals surface area contributed by atoms with Crippen LogP contribution in [-0.2, 0) is 17.8 Å². The summed E-state index contributed by atoms with van der Waals surface area (Å²) in [6.07, 6.45) is 3.46. The van der Waals surface area contributed by atoms with Gasteiger partial charge in [-0.15, -0.1) is 10.2 Å². The highest BCUT2D eigenvalue weighted by Crippen LogP contribution is 2.18. The normalized spacial score (nSPS) is 12.1. The van der Waals surface area contributed by atoms with Gasteiger partial charge in [-0.3, -0.25) is 9.59 Å². The standard InChI is InChI=1S/C23H35N5O3S/c1-15(2)14-28-19(26-27-23(28)32-6)12-9-13-24-22(30)20(16(3)4)25-21(29)17-10-7-8-11-18(17)31-5/h7-8,10-11,15-16,20H,9,12-14H2,1-6H3,(H,24,30)(H,25,29). The number of benzene rings is 1. The molecule has 2 aromatic rings. The number of hydrogen-bond acceptors (Lipinski definition) is 6. The first kappa shape index (κ1) is 25.7. The van der Waals surface area contributed by atoms with Crippen molar-refractivity contribution in [3.8, 4) is 5.75 Å². The predicted octanol–water partition coefficient (Wildman–Crippen LogP) is 3.17. The molecule has 0 saturated carbocycles. The molecular weight excluding hydrogens is 426 g/mol. The van der Waals surface area contributed by atoms with E-state index in [-0.39, 0.29) is 17.7 Å². The molecular formula is C23H35N5O3S. The van der Waals surface area contributed by atoms with Gasteiger partial charge in [0.25, 0.3) is 5.91 Å². The predicted molar refractivity (Wildman–Crippen MR) is 127 cm³/mol. The lowest BCUT2D eigenvalue weighted by Crippen LogP contribution is -2.50. The van der Waals surface area contributed by atoms with Gasteiger partial charge in [0, 0.05) is 19.5 Å². The van der Waals surface area contributed by atoms with Gasteiger partial charge < -0.3 is 19.9 Å². The number of carbonyl (C=O) groups excluding carboxylic acids is 2. The molecule has 0 aliphatic rings. The number of ether oxygens (including phenoxy) is 1. The van der Waals surface area contributed by atoms with Gasteiger partial charge in [-0.25, -0.2) is 0 Å². The van der Waals surface area contributed by atoms with Crippen molar-refractivity contribution in [3.63, 3.8) is 0 Å². The Labute approximate surface area is 194 Å². The van der Waals surface area contributed by atoms with Crippen LogP contribution in [0.25, 0.3) is 0 Å². The quantitative estimate of drug-likeness (QED) is 0.372. The third kappa shape index (κ3) is 6.98. The number of aryl methyl sites for hydroxylation is 1. The highest BCUT2D eigenvalue weighted by atomic mass is 32.2. The lowest BCUT2D eigenvalue weighted by molar-refractivity contribution is -0.123. The molecule has 0 saturated heterocycles. The summed E-state index contributed by atoms with van der Waals surface area (Å²) in [4.78, 5) is 25.5. The molecule has 2 rings (SSSR count). The molecule has 0 radical (unpaired) electrons. The lowest BCUT2D eigenvalue weighted by Gasteiger charge is -2.22. The topological polar surface area (TPSA) is 98.1 Å². The maximum absolute atomic E-state index is 12.8. The van der Waals surface area contributed by atoms with Gasteiger partial charge in [-0.05, 0) is 36.6 Å². The average molecular weight is 462 g/mol. The molecule has 1 unspecified atom stereocenters. The smallest absolute Gasteiger partial charge is 0.255 e. The molecule has 1 heterocycles. The third-order valence-electron chi connectivity index (χ3n) is 4.99. The number of rotatable bonds is 12. The monoisotopic (exact) mass is 461 g/mol. The first-order valence-corrected chi connectivity index (χ1v) is 12.2. The Hall–Kier alpha value is -2.55. The number of nitrogens with zero attached hydrogens (tertiary/aromatic N) is 3. The summed E-state index contributed by atoms with van der Waals surface area (Å²) in [5, 5.41) is 15.3. The summed E-state index contributed by atoms with van der Waals surface area (Å²) in [5.41, 5.74) is 0.405. The van der Waals surface area contributed by atoms with Crippen LogP contribution >= 0.6 is 11.8 Å². The van der Waals surface area contributed by atoms with Crippen molar-refractivity contribution in [2.45, 2.75) is 58.3 Å². The van der Waals surface area contributed by atoms with Gasteiger partial charge in [0.2, 0.25) is 5.91 Å². The van der Waals surface area contributed by atoms with Gasteiger partial charge >= 0.3 is 0 Å². The fourth-order valence-corrected chi connectivity index (χ4v) is 3.88. The Kier molecular flexibility index (Phi) is 10.0. The van der Waals surface area contributed by atoms with E-state index in [2.05, 4.69) is 39.2 Å². The second-order valence-corrected chi connectivity index (χ2v) is 9.17. The second-order valence-electron chi connectivity index (χ2n) is 8.40. The summed E-state index contributed by atoms with van der Waals surface area (Å²) in [7, 11) is 1.52. The second kappa shape index (κ2) is 12.5. The van der Waals surface area contributed by atoms with Crippen LogP contribution in [0.2, 0.25) is 0 Å². The van der Waals surface area contributed by atoms with E-state index in [9.17, 15) is 9.59 Å². The fraction of sp³-hybridized carbons (Fsp3) is 0.565. The van der Waals surface area contributed by atoms with Crippen molar-refractivity contribution in [3.05, 3.63) is 35.7 Å². The molecule has 0 fully saturated rings. The van der Waals surface area contributed by atoms with E-state index in [1.807, 2.05) is 20.1 Å². The minimum atomic E-state index is -0.639. The molecule has 1 aromatic carbocycles. The largest absolute Gasteiger partial charge is 0.496 e. The number of carbonyl (C=O) groups is 2. The molecule has 2 N–H and O–H groups in total. The number of hydrogen-bond donors (Lipinski definition) is 2. The molecule has 32 heavy (non-hydrogen) atoms. The Balaban J connectivity index is 1.93. The van der Waals surface area contributed by atoms with Crippen molar-refractivity contribution in [1.82, 2.24) is 25.4 Å². The van der Waals surface area contributed by atoms with Gasteiger partial charge in [0.1, 0.15) is 17.6 Å². The number of methoxy groups -OCH3 is 1. The van der Waals surface area contributed by atoms with Gasteiger partial charge in [-0.2, -0.15) is 0 Å². The first-order chi connectivity index (χ1) is 15.3. The molecule has 1 aromatic heterocycles. The fourth-order valence-electron chi connectivity index (χ4n) is 3.36. The minimum absolute atomic E-state index is 0.0630. The average Bonchev–Trinajstić information content (AvgIpc) is 3.15. The Morgan fingerprint density at radius 1 is 1.16 bits per heavy atom. The maximum Gasteiger partial charge on any atom is 0.255 e. The highest BCUT2D eigenvalue weighted by Gasteiger charge is 2.25. The summed E-state index contributed by atoms with van der Waals surface area (Å²) in [5.74, 6) is 1.31. The zero-order chi connectivity index (χ0) is 23.7. The first-order valence-electron chi connectivity index (χ1n) is 11.0. The van der Waals surface area contributed by atoms with Crippen LogP contribution in [0.3, 0.4) is 0 Å². The molecule has 8 nitrogen and oxygen atoms in total. The van der Waals surface area contributed by atoms with E-state index in [0.717, 1.165) is 30.4 Å². The van der Waals surface area contributed by atoms with E-state index in [4.69, 9.17) is 4.74 Å². The van der Waals surface area contributed by atoms with Crippen LogP contribution in [0.15, 0.2) is 29.4 Å². The van der Waals surface area contributed by atoms with E-state index in [1.54, 1.807) is 36.0 Å². The summed E-state index contributed by atoms with van der Waals surface area (Å²) in [6.45, 7) is 9.51. The molecule has 0 bridgehead atoms. The van der Waals surface area contributed by atoms with E-state index in [0.29, 0.717) is 23.8 Å². The van der Waals surface area contributed by atoms with Crippen LogP contribution in [0.4, 0.5) is 0 Å². The van der Waals surface area contributed by atoms with Crippen molar-refractivity contribution in [2.75, 3.05) is 19.9 Å². The number of thioether (sulfide) groups is 1. The molecule has 9 heteroatoms. The van der Waals surface area contributed by atoms with Gasteiger partial charge in [0.05, 0.1) is 12.7 Å².